The van der Waals surface area contributed by atoms with Crippen molar-refractivity contribution in [2.24, 2.45) is 5.92 Å². The summed E-state index contributed by atoms with van der Waals surface area (Å²) in [6, 6.07) is 2.30. The van der Waals surface area contributed by atoms with Crippen LogP contribution >= 0.6 is 0 Å². The Bertz CT molecular complexity index is 477. The second-order valence-corrected chi connectivity index (χ2v) is 6.16. The summed E-state index contributed by atoms with van der Waals surface area (Å²) in [4.78, 5) is 14.2. The number of hydrogen-bond donors (Lipinski definition) is 1. The fraction of sp³-hybridized carbons (Fsp3) is 0.733. The molecule has 1 amide bonds. The van der Waals surface area contributed by atoms with Crippen LogP contribution in [0.5, 0.6) is 0 Å². The fourth-order valence-corrected chi connectivity index (χ4v) is 3.35. The molecule has 2 unspecified atom stereocenters. The monoisotopic (exact) mass is 277 g/mol. The van der Waals surface area contributed by atoms with E-state index in [1.54, 1.807) is 6.92 Å². The van der Waals surface area contributed by atoms with Gasteiger partial charge in [0.1, 0.15) is 5.69 Å². The summed E-state index contributed by atoms with van der Waals surface area (Å²) < 4.78 is 1.96. The number of nitrogens with zero attached hydrogens (tertiary/aromatic N) is 3. The minimum atomic E-state index is -0.344. The van der Waals surface area contributed by atoms with Crippen LogP contribution in [0.25, 0.3) is 0 Å². The van der Waals surface area contributed by atoms with Gasteiger partial charge < -0.3 is 10.0 Å². The zero-order valence-electron chi connectivity index (χ0n) is 12.0. The molecule has 0 bridgehead atoms. The molecule has 110 valence electrons. The molecule has 2 aliphatic rings. The van der Waals surface area contributed by atoms with E-state index in [0.717, 1.165) is 13.0 Å². The number of aromatic nitrogens is 2. The van der Waals surface area contributed by atoms with Crippen molar-refractivity contribution in [3.8, 4) is 0 Å². The van der Waals surface area contributed by atoms with Crippen LogP contribution in [0.1, 0.15) is 55.6 Å². The highest BCUT2D eigenvalue weighted by Gasteiger charge is 2.30. The van der Waals surface area contributed by atoms with E-state index in [2.05, 4.69) is 5.10 Å². The molecule has 1 N–H and O–H groups in total. The van der Waals surface area contributed by atoms with E-state index < -0.39 is 0 Å². The van der Waals surface area contributed by atoms with Gasteiger partial charge in [-0.05, 0) is 32.3 Å². The summed E-state index contributed by atoms with van der Waals surface area (Å²) in [6.07, 6.45) is 7.33. The van der Waals surface area contributed by atoms with Gasteiger partial charge in [-0.15, -0.1) is 0 Å². The van der Waals surface area contributed by atoms with Crippen LogP contribution in [-0.2, 0) is 0 Å². The molecule has 3 rings (SSSR count). The van der Waals surface area contributed by atoms with Crippen LogP contribution in [-0.4, -0.2) is 44.9 Å². The molecule has 2 fully saturated rings. The van der Waals surface area contributed by atoms with Crippen LogP contribution in [0.4, 0.5) is 0 Å². The average Bonchev–Trinajstić information content (AvgIpc) is 3.17. The van der Waals surface area contributed by atoms with Crippen LogP contribution < -0.4 is 0 Å². The van der Waals surface area contributed by atoms with Crippen LogP contribution in [0, 0.1) is 5.92 Å². The van der Waals surface area contributed by atoms with E-state index in [1.165, 1.54) is 25.7 Å². The van der Waals surface area contributed by atoms with Crippen molar-refractivity contribution in [3.63, 3.8) is 0 Å². The van der Waals surface area contributed by atoms with Gasteiger partial charge in [-0.2, -0.15) is 5.10 Å². The van der Waals surface area contributed by atoms with Gasteiger partial charge in [0, 0.05) is 25.2 Å². The first-order chi connectivity index (χ1) is 9.65. The smallest absolute Gasteiger partial charge is 0.274 e. The van der Waals surface area contributed by atoms with E-state index in [0.29, 0.717) is 18.3 Å². The van der Waals surface area contributed by atoms with Gasteiger partial charge >= 0.3 is 0 Å². The Labute approximate surface area is 119 Å². The molecule has 1 saturated heterocycles. The molecule has 20 heavy (non-hydrogen) atoms. The Morgan fingerprint density at radius 2 is 2.15 bits per heavy atom. The number of aliphatic hydroxyl groups excluding tert-OH is 1. The van der Waals surface area contributed by atoms with Gasteiger partial charge in [-0.25, -0.2) is 0 Å². The Hall–Kier alpha value is -1.36. The molecular formula is C15H23N3O2. The summed E-state index contributed by atoms with van der Waals surface area (Å²) in [5, 5.41) is 14.1. The van der Waals surface area contributed by atoms with Crippen LogP contribution in [0.15, 0.2) is 12.3 Å². The zero-order valence-corrected chi connectivity index (χ0v) is 12.0. The maximum absolute atomic E-state index is 12.4. The number of aliphatic hydroxyl groups is 1. The SMILES string of the molecule is CC(O)C1CCN(C(=O)c2ccn(C3CCCC3)n2)C1. The Morgan fingerprint density at radius 3 is 2.80 bits per heavy atom. The number of carbonyl (C=O) groups excluding carboxylic acids is 1. The third-order valence-electron chi connectivity index (χ3n) is 4.72. The highest BCUT2D eigenvalue weighted by molar-refractivity contribution is 5.92. The first kappa shape index (κ1) is 13.6. The number of likely N-dealkylation sites (tertiary alicyclic amines) is 1. The molecule has 1 aromatic heterocycles. The zero-order chi connectivity index (χ0) is 14.1. The van der Waals surface area contributed by atoms with E-state index >= 15 is 0 Å². The number of amides is 1. The van der Waals surface area contributed by atoms with E-state index in [-0.39, 0.29) is 17.9 Å². The average molecular weight is 277 g/mol. The third kappa shape index (κ3) is 2.59. The van der Waals surface area contributed by atoms with Crippen molar-refractivity contribution in [2.75, 3.05) is 13.1 Å². The number of hydrogen-bond acceptors (Lipinski definition) is 3. The van der Waals surface area contributed by atoms with Gasteiger partial charge in [0.05, 0.1) is 12.1 Å². The molecule has 0 radical (unpaired) electrons. The summed E-state index contributed by atoms with van der Waals surface area (Å²) >= 11 is 0. The summed E-state index contributed by atoms with van der Waals surface area (Å²) in [5.74, 6) is 0.209. The van der Waals surface area contributed by atoms with Crippen molar-refractivity contribution in [3.05, 3.63) is 18.0 Å². The molecule has 5 nitrogen and oxygen atoms in total. The molecule has 5 heteroatoms. The van der Waals surface area contributed by atoms with Crippen molar-refractivity contribution in [1.29, 1.82) is 0 Å². The van der Waals surface area contributed by atoms with Gasteiger partial charge in [0.25, 0.3) is 5.91 Å². The second-order valence-electron chi connectivity index (χ2n) is 6.16. The van der Waals surface area contributed by atoms with Gasteiger partial charge in [0.2, 0.25) is 0 Å². The minimum Gasteiger partial charge on any atom is -0.393 e. The normalized spacial score (nSPS) is 25.3. The summed E-state index contributed by atoms with van der Waals surface area (Å²) in [6.45, 7) is 3.17. The Kier molecular flexibility index (Phi) is 3.78. The Morgan fingerprint density at radius 1 is 1.40 bits per heavy atom. The fourth-order valence-electron chi connectivity index (χ4n) is 3.35. The highest BCUT2D eigenvalue weighted by Crippen LogP contribution is 2.29. The molecule has 1 aliphatic carbocycles. The van der Waals surface area contributed by atoms with E-state index in [1.807, 2.05) is 21.8 Å². The predicted octanol–water partition coefficient (Wildman–Crippen LogP) is 1.84. The summed E-state index contributed by atoms with van der Waals surface area (Å²) in [5.41, 5.74) is 0.545. The summed E-state index contributed by atoms with van der Waals surface area (Å²) in [7, 11) is 0. The molecular weight excluding hydrogens is 254 g/mol. The minimum absolute atomic E-state index is 0.00453. The van der Waals surface area contributed by atoms with Crippen molar-refractivity contribution in [2.45, 2.75) is 51.2 Å². The Balaban J connectivity index is 1.65. The van der Waals surface area contributed by atoms with E-state index in [9.17, 15) is 9.90 Å². The van der Waals surface area contributed by atoms with Crippen LogP contribution in [0.3, 0.4) is 0 Å². The lowest BCUT2D eigenvalue weighted by atomic mass is 10.0. The molecule has 1 aromatic rings. The molecule has 2 atom stereocenters. The largest absolute Gasteiger partial charge is 0.393 e. The lowest BCUT2D eigenvalue weighted by Gasteiger charge is -2.16. The standard InChI is InChI=1S/C15H23N3O2/c1-11(19)12-6-8-17(10-12)15(20)14-7-9-18(16-14)13-4-2-3-5-13/h7,9,11-13,19H,2-6,8,10H2,1H3. The van der Waals surface area contributed by atoms with Gasteiger partial charge in [0.15, 0.2) is 0 Å². The second kappa shape index (κ2) is 5.56. The quantitative estimate of drug-likeness (QED) is 0.917. The molecule has 1 aliphatic heterocycles. The topological polar surface area (TPSA) is 58.4 Å². The van der Waals surface area contributed by atoms with Crippen molar-refractivity contribution < 1.29 is 9.90 Å². The number of carbonyl (C=O) groups is 1. The molecule has 0 aromatic carbocycles. The first-order valence-corrected chi connectivity index (χ1v) is 7.67. The maximum Gasteiger partial charge on any atom is 0.274 e. The van der Waals surface area contributed by atoms with Crippen molar-refractivity contribution in [1.82, 2.24) is 14.7 Å². The molecule has 1 saturated carbocycles. The van der Waals surface area contributed by atoms with Crippen molar-refractivity contribution >= 4 is 5.91 Å². The molecule has 2 heterocycles. The van der Waals surface area contributed by atoms with Gasteiger partial charge in [-0.3, -0.25) is 9.48 Å². The lowest BCUT2D eigenvalue weighted by molar-refractivity contribution is 0.0755. The lowest BCUT2D eigenvalue weighted by Crippen LogP contribution is -2.30. The predicted molar refractivity (Wildman–Crippen MR) is 75.4 cm³/mol. The first-order valence-electron chi connectivity index (χ1n) is 7.67. The molecule has 0 spiro atoms. The van der Waals surface area contributed by atoms with E-state index in [4.69, 9.17) is 0 Å². The number of rotatable bonds is 3. The highest BCUT2D eigenvalue weighted by atomic mass is 16.3. The third-order valence-corrected chi connectivity index (χ3v) is 4.72. The maximum atomic E-state index is 12.4. The van der Waals surface area contributed by atoms with Crippen LogP contribution in [0.2, 0.25) is 0 Å². The van der Waals surface area contributed by atoms with Gasteiger partial charge in [-0.1, -0.05) is 12.8 Å².